The highest BCUT2D eigenvalue weighted by Crippen LogP contribution is 2.24. The smallest absolute Gasteiger partial charge is 0.236 e. The Labute approximate surface area is 140 Å². The predicted molar refractivity (Wildman–Crippen MR) is 89.5 cm³/mol. The molecule has 0 aromatic carbocycles. The van der Waals surface area contributed by atoms with Crippen molar-refractivity contribution in [3.8, 4) is 0 Å². The van der Waals surface area contributed by atoms with Crippen molar-refractivity contribution in [3.05, 3.63) is 0 Å². The molecule has 1 amide bonds. The standard InChI is InChI=1S/C14H26N4O.2ClH/c1-16-4-6-17(7-5-16)14(19)11-18-10-12-2-3-13(18)9-15-8-12;;/h12-13,15H,2-11H2,1H3;2*1H/t12-,13+;;/m1../s1. The molecule has 1 N–H and O–H groups in total. The van der Waals surface area contributed by atoms with Crippen LogP contribution in [0.25, 0.3) is 0 Å². The van der Waals surface area contributed by atoms with Crippen molar-refractivity contribution in [2.45, 2.75) is 18.9 Å². The van der Waals surface area contributed by atoms with E-state index in [1.165, 1.54) is 12.8 Å². The van der Waals surface area contributed by atoms with Crippen molar-refractivity contribution in [2.75, 3.05) is 59.4 Å². The van der Waals surface area contributed by atoms with Gasteiger partial charge in [0.05, 0.1) is 6.54 Å². The van der Waals surface area contributed by atoms with Gasteiger partial charge >= 0.3 is 0 Å². The van der Waals surface area contributed by atoms with Gasteiger partial charge in [0.25, 0.3) is 0 Å². The monoisotopic (exact) mass is 338 g/mol. The second-order valence-corrected chi connectivity index (χ2v) is 6.37. The Morgan fingerprint density at radius 1 is 1.10 bits per heavy atom. The normalized spacial score (nSPS) is 30.2. The minimum atomic E-state index is 0. The van der Waals surface area contributed by atoms with Gasteiger partial charge in [0, 0.05) is 45.3 Å². The van der Waals surface area contributed by atoms with Gasteiger partial charge in [-0.05, 0) is 32.4 Å². The number of hydrogen-bond donors (Lipinski definition) is 1. The summed E-state index contributed by atoms with van der Waals surface area (Å²) in [6, 6.07) is 0.579. The van der Waals surface area contributed by atoms with Crippen LogP contribution in [0.3, 0.4) is 0 Å². The lowest BCUT2D eigenvalue weighted by molar-refractivity contribution is -0.135. The third kappa shape index (κ3) is 4.70. The first kappa shape index (κ1) is 19.0. The van der Waals surface area contributed by atoms with Crippen LogP contribution in [0.2, 0.25) is 0 Å². The van der Waals surface area contributed by atoms with E-state index in [9.17, 15) is 4.79 Å². The van der Waals surface area contributed by atoms with E-state index >= 15 is 0 Å². The number of rotatable bonds is 2. The number of nitrogens with one attached hydrogen (secondary N) is 1. The molecule has 0 spiro atoms. The van der Waals surface area contributed by atoms with Gasteiger partial charge in [-0.25, -0.2) is 0 Å². The molecular weight excluding hydrogens is 311 g/mol. The zero-order chi connectivity index (χ0) is 13.2. The molecule has 4 fully saturated rings. The fourth-order valence-electron chi connectivity index (χ4n) is 3.56. The largest absolute Gasteiger partial charge is 0.339 e. The van der Waals surface area contributed by atoms with Crippen molar-refractivity contribution >= 4 is 30.7 Å². The summed E-state index contributed by atoms with van der Waals surface area (Å²) in [5, 5.41) is 3.52. The molecule has 4 rings (SSSR count). The second kappa shape index (κ2) is 8.53. The van der Waals surface area contributed by atoms with Crippen LogP contribution in [0.1, 0.15) is 12.8 Å². The quantitative estimate of drug-likeness (QED) is 0.785. The summed E-state index contributed by atoms with van der Waals surface area (Å²) in [7, 11) is 2.13. The Kier molecular flexibility index (Phi) is 7.71. The van der Waals surface area contributed by atoms with Gasteiger partial charge in [0.15, 0.2) is 0 Å². The number of carbonyl (C=O) groups is 1. The minimum Gasteiger partial charge on any atom is -0.339 e. The van der Waals surface area contributed by atoms with Crippen LogP contribution in [0.5, 0.6) is 0 Å². The number of amides is 1. The maximum absolute atomic E-state index is 12.4. The van der Waals surface area contributed by atoms with Crippen LogP contribution in [-0.4, -0.2) is 86.1 Å². The third-order valence-electron chi connectivity index (χ3n) is 4.92. The fourth-order valence-corrected chi connectivity index (χ4v) is 3.56. The Balaban J connectivity index is 0.00000110. The molecule has 2 atom stereocenters. The lowest BCUT2D eigenvalue weighted by Crippen LogP contribution is -2.53. The number of likely N-dealkylation sites (N-methyl/N-ethyl adjacent to an activating group) is 1. The Morgan fingerprint density at radius 3 is 2.52 bits per heavy atom. The maximum Gasteiger partial charge on any atom is 0.236 e. The zero-order valence-corrected chi connectivity index (χ0v) is 14.4. The van der Waals surface area contributed by atoms with Crippen molar-refractivity contribution in [1.29, 1.82) is 0 Å². The van der Waals surface area contributed by atoms with Gasteiger partial charge in [-0.3, -0.25) is 9.69 Å². The first-order valence-corrected chi connectivity index (χ1v) is 7.63. The summed E-state index contributed by atoms with van der Waals surface area (Å²) in [6.07, 6.45) is 2.59. The number of hydrogen-bond acceptors (Lipinski definition) is 4. The summed E-state index contributed by atoms with van der Waals surface area (Å²) < 4.78 is 0. The highest BCUT2D eigenvalue weighted by Gasteiger charge is 2.33. The molecule has 2 bridgehead atoms. The number of fused-ring (bicyclic) bond motifs is 4. The van der Waals surface area contributed by atoms with E-state index in [1.54, 1.807) is 0 Å². The lowest BCUT2D eigenvalue weighted by atomic mass is 9.95. The summed E-state index contributed by atoms with van der Waals surface area (Å²) in [5.74, 6) is 1.08. The molecule has 7 heteroatoms. The molecule has 124 valence electrons. The molecule has 0 radical (unpaired) electrons. The molecule has 0 aliphatic carbocycles. The van der Waals surface area contributed by atoms with Crippen LogP contribution in [0.4, 0.5) is 0 Å². The SMILES string of the molecule is CN1CCN(C(=O)CN2C[C@@H]3CC[C@H]2CNC3)CC1.Cl.Cl. The van der Waals surface area contributed by atoms with Crippen LogP contribution >= 0.6 is 24.8 Å². The summed E-state index contributed by atoms with van der Waals surface area (Å²) >= 11 is 0. The number of halogens is 2. The van der Waals surface area contributed by atoms with E-state index in [0.29, 0.717) is 18.5 Å². The molecule has 4 aliphatic heterocycles. The summed E-state index contributed by atoms with van der Waals surface area (Å²) in [6.45, 7) is 7.76. The summed E-state index contributed by atoms with van der Waals surface area (Å²) in [5.41, 5.74) is 0. The maximum atomic E-state index is 12.4. The van der Waals surface area contributed by atoms with Gasteiger partial charge in [-0.15, -0.1) is 24.8 Å². The van der Waals surface area contributed by atoms with Crippen molar-refractivity contribution < 1.29 is 4.79 Å². The number of piperidine rings is 1. The first-order valence-electron chi connectivity index (χ1n) is 7.63. The Bertz CT molecular complexity index is 333. The van der Waals surface area contributed by atoms with Crippen LogP contribution in [0.15, 0.2) is 0 Å². The topological polar surface area (TPSA) is 38.8 Å². The van der Waals surface area contributed by atoms with Crippen molar-refractivity contribution in [1.82, 2.24) is 20.0 Å². The molecule has 0 unspecified atom stereocenters. The van der Waals surface area contributed by atoms with Gasteiger partial charge in [-0.1, -0.05) is 0 Å². The number of nitrogens with zero attached hydrogens (tertiary/aromatic N) is 3. The molecule has 4 aliphatic rings. The van der Waals surface area contributed by atoms with E-state index in [2.05, 4.69) is 22.2 Å². The molecular formula is C14H28Cl2N4O. The minimum absolute atomic E-state index is 0. The molecule has 4 saturated heterocycles. The highest BCUT2D eigenvalue weighted by atomic mass is 35.5. The Hall–Kier alpha value is -0.0700. The summed E-state index contributed by atoms with van der Waals surface area (Å²) in [4.78, 5) is 19.2. The number of piperazine rings is 1. The van der Waals surface area contributed by atoms with E-state index in [4.69, 9.17) is 0 Å². The fraction of sp³-hybridized carbons (Fsp3) is 0.929. The average Bonchev–Trinajstić information content (AvgIpc) is 2.74. The van der Waals surface area contributed by atoms with Gasteiger partial charge in [-0.2, -0.15) is 0 Å². The molecule has 21 heavy (non-hydrogen) atoms. The third-order valence-corrected chi connectivity index (χ3v) is 4.92. The van der Waals surface area contributed by atoms with Crippen LogP contribution in [-0.2, 0) is 4.79 Å². The molecule has 0 aromatic rings. The lowest BCUT2D eigenvalue weighted by Gasteiger charge is -2.38. The highest BCUT2D eigenvalue weighted by molar-refractivity contribution is 5.85. The first-order chi connectivity index (χ1) is 9.22. The van der Waals surface area contributed by atoms with E-state index in [1.807, 2.05) is 4.90 Å². The molecule has 0 aromatic heterocycles. The zero-order valence-electron chi connectivity index (χ0n) is 12.8. The Morgan fingerprint density at radius 2 is 1.81 bits per heavy atom. The van der Waals surface area contributed by atoms with E-state index in [-0.39, 0.29) is 24.8 Å². The second-order valence-electron chi connectivity index (χ2n) is 6.37. The molecule has 0 saturated carbocycles. The average molecular weight is 339 g/mol. The predicted octanol–water partition coefficient (Wildman–Crippen LogP) is 0.288. The molecule has 4 heterocycles. The van der Waals surface area contributed by atoms with Gasteiger partial charge in [0.1, 0.15) is 0 Å². The van der Waals surface area contributed by atoms with Crippen LogP contribution in [0, 0.1) is 5.92 Å². The number of carbonyl (C=O) groups excluding carboxylic acids is 1. The van der Waals surface area contributed by atoms with Crippen molar-refractivity contribution in [2.24, 2.45) is 5.92 Å². The van der Waals surface area contributed by atoms with Crippen LogP contribution < -0.4 is 5.32 Å². The molecule has 5 nitrogen and oxygen atoms in total. The van der Waals surface area contributed by atoms with E-state index in [0.717, 1.165) is 51.7 Å². The van der Waals surface area contributed by atoms with Gasteiger partial charge < -0.3 is 15.1 Å². The van der Waals surface area contributed by atoms with Crippen molar-refractivity contribution in [3.63, 3.8) is 0 Å². The van der Waals surface area contributed by atoms with E-state index < -0.39 is 0 Å². The van der Waals surface area contributed by atoms with Gasteiger partial charge in [0.2, 0.25) is 5.91 Å².